The van der Waals surface area contributed by atoms with Crippen LogP contribution in [0.2, 0.25) is 0 Å². The van der Waals surface area contributed by atoms with E-state index in [0.717, 1.165) is 16.8 Å². The third kappa shape index (κ3) is 6.37. The number of aliphatic hydroxyl groups is 1. The second kappa shape index (κ2) is 11.4. The minimum Gasteiger partial charge on any atom is -0.462 e. The molecule has 1 aromatic heterocycles. The van der Waals surface area contributed by atoms with Gasteiger partial charge in [-0.15, -0.1) is 6.42 Å². The number of ether oxygens (including phenoxy) is 2. The summed E-state index contributed by atoms with van der Waals surface area (Å²) in [6.45, 7) is 3.15. The normalized spacial score (nSPS) is 27.3. The fourth-order valence-corrected chi connectivity index (χ4v) is 5.19. The second-order valence-corrected chi connectivity index (χ2v) is 10.7. The van der Waals surface area contributed by atoms with Crippen LogP contribution in [0.4, 0.5) is 8.78 Å². The Balaban J connectivity index is 1.90. The Morgan fingerprint density at radius 3 is 2.58 bits per heavy atom. The van der Waals surface area contributed by atoms with Crippen molar-refractivity contribution in [2.75, 3.05) is 6.61 Å². The Morgan fingerprint density at radius 2 is 2.00 bits per heavy atom. The molecule has 0 saturated carbocycles. The number of terminal acetylenes is 1. The average Bonchev–Trinajstić information content (AvgIpc) is 3.05. The lowest BCUT2D eigenvalue weighted by Gasteiger charge is -2.28. The van der Waals surface area contributed by atoms with Crippen LogP contribution in [0.15, 0.2) is 47.4 Å². The summed E-state index contributed by atoms with van der Waals surface area (Å²) in [5.74, 6) is -2.50. The number of rotatable bonds is 10. The summed E-state index contributed by atoms with van der Waals surface area (Å²) in [4.78, 5) is 26.0. The SMILES string of the molecule is C#CC1(F)C(n2ccc(=O)[nH]c2=S)OC(F)(COP(=O)(NC(C)C(=O)OC(C)C)Oc2ccccc2)C1O. The van der Waals surface area contributed by atoms with Crippen molar-refractivity contribution >= 4 is 25.9 Å². The van der Waals surface area contributed by atoms with Gasteiger partial charge in [0.25, 0.3) is 11.4 Å². The van der Waals surface area contributed by atoms with Crippen LogP contribution >= 0.6 is 20.0 Å². The molecule has 2 heterocycles. The zero-order chi connectivity index (χ0) is 28.3. The van der Waals surface area contributed by atoms with Crippen LogP contribution < -0.4 is 15.2 Å². The number of nitrogens with one attached hydrogen (secondary N) is 2. The van der Waals surface area contributed by atoms with Gasteiger partial charge in [-0.1, -0.05) is 24.1 Å². The number of alkyl halides is 2. The number of nitrogens with zero attached hydrogens (tertiary/aromatic N) is 1. The van der Waals surface area contributed by atoms with E-state index in [1.807, 2.05) is 0 Å². The summed E-state index contributed by atoms with van der Waals surface area (Å²) in [6, 6.07) is 7.30. The molecule has 11 nitrogen and oxygen atoms in total. The summed E-state index contributed by atoms with van der Waals surface area (Å²) in [5.41, 5.74) is -3.82. The van der Waals surface area contributed by atoms with Gasteiger partial charge in [0.2, 0.25) is 5.67 Å². The van der Waals surface area contributed by atoms with E-state index < -0.39 is 61.9 Å². The zero-order valence-electron chi connectivity index (χ0n) is 20.5. The van der Waals surface area contributed by atoms with Crippen LogP contribution in [-0.4, -0.2) is 57.0 Å². The Kier molecular flexibility index (Phi) is 8.93. The van der Waals surface area contributed by atoms with Gasteiger partial charge in [-0.3, -0.25) is 23.7 Å². The number of esters is 1. The highest BCUT2D eigenvalue weighted by Crippen LogP contribution is 2.51. The predicted molar refractivity (Wildman–Crippen MR) is 133 cm³/mol. The van der Waals surface area contributed by atoms with Crippen LogP contribution in [0.3, 0.4) is 0 Å². The summed E-state index contributed by atoms with van der Waals surface area (Å²) in [6.07, 6.45) is 1.09. The highest BCUT2D eigenvalue weighted by atomic mass is 32.1. The summed E-state index contributed by atoms with van der Waals surface area (Å²) < 4.78 is 66.5. The van der Waals surface area contributed by atoms with Crippen LogP contribution in [0.1, 0.15) is 27.0 Å². The Morgan fingerprint density at radius 1 is 1.34 bits per heavy atom. The lowest BCUT2D eigenvalue weighted by Crippen LogP contribution is -2.48. The number of hydrogen-bond acceptors (Lipinski definition) is 9. The quantitative estimate of drug-likeness (QED) is 0.168. The number of H-pyrrole nitrogens is 1. The first-order chi connectivity index (χ1) is 17.7. The van der Waals surface area contributed by atoms with Crippen LogP contribution in [0.25, 0.3) is 0 Å². The van der Waals surface area contributed by atoms with Crippen molar-refractivity contribution in [1.82, 2.24) is 14.6 Å². The van der Waals surface area contributed by atoms with Crippen molar-refractivity contribution < 1.29 is 41.8 Å². The summed E-state index contributed by atoms with van der Waals surface area (Å²) in [5, 5.41) is 12.9. The van der Waals surface area contributed by atoms with Gasteiger partial charge >= 0.3 is 13.7 Å². The number of halogens is 2. The van der Waals surface area contributed by atoms with Gasteiger partial charge in [-0.05, 0) is 45.1 Å². The lowest BCUT2D eigenvalue weighted by atomic mass is 9.96. The number of benzene rings is 1. The Hall–Kier alpha value is -2.92. The maximum atomic E-state index is 15.9. The fourth-order valence-electron chi connectivity index (χ4n) is 3.43. The molecule has 2 aromatic rings. The largest absolute Gasteiger partial charge is 0.462 e. The standard InChI is InChI=1S/C23H26F2N3O8PS/c1-5-22(24)19(31)23(25,35-20(22)28-12-11-17(29)26-21(28)38)13-33-37(32,36-16-9-7-6-8-10-16)27-15(4)18(30)34-14(2)3/h1,6-12,14-15,19-20,31H,13H2,2-4H3,(H,27,32)(H,26,29,38). The highest BCUT2D eigenvalue weighted by Gasteiger charge is 2.67. The van der Waals surface area contributed by atoms with Crippen molar-refractivity contribution in [1.29, 1.82) is 0 Å². The number of carbonyl (C=O) groups is 1. The van der Waals surface area contributed by atoms with E-state index in [9.17, 15) is 19.3 Å². The molecule has 3 rings (SSSR count). The third-order valence-electron chi connectivity index (χ3n) is 5.26. The van der Waals surface area contributed by atoms with E-state index in [1.54, 1.807) is 38.0 Å². The highest BCUT2D eigenvalue weighted by molar-refractivity contribution is 7.71. The van der Waals surface area contributed by atoms with E-state index >= 15 is 8.78 Å². The number of hydrogen-bond donors (Lipinski definition) is 3. The first kappa shape index (κ1) is 29.6. The Bertz CT molecular complexity index is 1370. The monoisotopic (exact) mass is 573 g/mol. The van der Waals surface area contributed by atoms with Gasteiger partial charge in [0.1, 0.15) is 18.4 Å². The van der Waals surface area contributed by atoms with Crippen molar-refractivity contribution in [2.24, 2.45) is 0 Å². The average molecular weight is 574 g/mol. The molecule has 15 heteroatoms. The molecule has 0 radical (unpaired) electrons. The molecule has 3 N–H and O–H groups in total. The minimum atomic E-state index is -4.61. The molecule has 1 aliphatic heterocycles. The molecule has 0 spiro atoms. The van der Waals surface area contributed by atoms with Gasteiger partial charge in [0.15, 0.2) is 17.1 Å². The predicted octanol–water partition coefficient (Wildman–Crippen LogP) is 2.94. The van der Waals surface area contributed by atoms with Gasteiger partial charge in [-0.25, -0.2) is 13.3 Å². The Labute approximate surface area is 221 Å². The second-order valence-electron chi connectivity index (χ2n) is 8.60. The molecule has 6 unspecified atom stereocenters. The number of aromatic nitrogens is 2. The van der Waals surface area contributed by atoms with Crippen molar-refractivity contribution in [3.8, 4) is 18.1 Å². The van der Waals surface area contributed by atoms with E-state index in [2.05, 4.69) is 10.1 Å². The molecule has 1 saturated heterocycles. The van der Waals surface area contributed by atoms with E-state index in [0.29, 0.717) is 0 Å². The van der Waals surface area contributed by atoms with Crippen molar-refractivity contribution in [3.63, 3.8) is 0 Å². The summed E-state index contributed by atoms with van der Waals surface area (Å²) >= 11 is 4.98. The molecule has 0 bridgehead atoms. The molecule has 1 fully saturated rings. The van der Waals surface area contributed by atoms with Crippen molar-refractivity contribution in [2.45, 2.75) is 56.8 Å². The number of carbonyl (C=O) groups excluding carboxylic acids is 1. The van der Waals surface area contributed by atoms with Crippen molar-refractivity contribution in [3.05, 3.63) is 57.7 Å². The number of aromatic amines is 1. The molecule has 0 amide bonds. The van der Waals surface area contributed by atoms with Crippen LogP contribution in [0.5, 0.6) is 5.75 Å². The van der Waals surface area contributed by atoms with Gasteiger partial charge in [0.05, 0.1) is 6.10 Å². The van der Waals surface area contributed by atoms with E-state index in [4.69, 9.17) is 37.2 Å². The molecular weight excluding hydrogens is 547 g/mol. The molecule has 1 aliphatic rings. The minimum absolute atomic E-state index is 0.0226. The number of para-hydroxylation sites is 1. The van der Waals surface area contributed by atoms with Gasteiger partial charge < -0.3 is 19.1 Å². The number of aliphatic hydroxyl groups excluding tert-OH is 1. The maximum absolute atomic E-state index is 15.9. The maximum Gasteiger partial charge on any atom is 0.459 e. The molecule has 38 heavy (non-hydrogen) atoms. The molecular formula is C23H26F2N3O8PS. The first-order valence-corrected chi connectivity index (χ1v) is 13.2. The topological polar surface area (TPSA) is 141 Å². The van der Waals surface area contributed by atoms with Gasteiger partial charge in [0, 0.05) is 12.3 Å². The molecule has 6 atom stereocenters. The zero-order valence-corrected chi connectivity index (χ0v) is 22.2. The lowest BCUT2D eigenvalue weighted by molar-refractivity contribution is -0.203. The summed E-state index contributed by atoms with van der Waals surface area (Å²) in [7, 11) is -4.61. The fraction of sp³-hybridized carbons (Fsp3) is 0.435. The third-order valence-corrected chi connectivity index (χ3v) is 7.19. The molecule has 206 valence electrons. The van der Waals surface area contributed by atoms with E-state index in [-0.39, 0.29) is 10.5 Å². The smallest absolute Gasteiger partial charge is 0.459 e. The first-order valence-electron chi connectivity index (χ1n) is 11.2. The van der Waals surface area contributed by atoms with Gasteiger partial charge in [-0.2, -0.15) is 5.09 Å². The molecule has 0 aliphatic carbocycles. The van der Waals surface area contributed by atoms with E-state index in [1.165, 1.54) is 19.1 Å². The van der Waals surface area contributed by atoms with Crippen LogP contribution in [0, 0.1) is 17.1 Å². The van der Waals surface area contributed by atoms with Crippen LogP contribution in [-0.2, 0) is 23.4 Å². The molecule has 1 aromatic carbocycles.